The summed E-state index contributed by atoms with van der Waals surface area (Å²) in [4.78, 5) is 0. The third-order valence-electron chi connectivity index (χ3n) is 2.61. The number of hydrogen-bond donors (Lipinski definition) is 0. The van der Waals surface area contributed by atoms with Crippen LogP contribution in [0.15, 0.2) is 48.5 Å². The van der Waals surface area contributed by atoms with Crippen molar-refractivity contribution in [1.29, 1.82) is 0 Å². The molecular weight excluding hydrogens is 243 g/mol. The molecule has 2 rings (SSSR count). The molecule has 2 aromatic rings. The summed E-state index contributed by atoms with van der Waals surface area (Å²) in [5, 5.41) is 0. The average Bonchev–Trinajstić information content (AvgIpc) is 2.41. The quantitative estimate of drug-likeness (QED) is 0.732. The van der Waals surface area contributed by atoms with Gasteiger partial charge in [0.05, 0.1) is 0 Å². The van der Waals surface area contributed by atoms with E-state index in [1.165, 1.54) is 6.07 Å². The van der Waals surface area contributed by atoms with E-state index < -0.39 is 0 Å². The standard InChI is InChI=1S/C15H14FOSi/c16-14-9-8-12(5-4-10-18)11-15(14)17-13-6-2-1-3-7-13/h1-3,6-9,11H,4-5,10H2. The van der Waals surface area contributed by atoms with Crippen LogP contribution in [0.3, 0.4) is 0 Å². The molecule has 0 amide bonds. The van der Waals surface area contributed by atoms with Crippen molar-refractivity contribution in [3.05, 3.63) is 59.9 Å². The van der Waals surface area contributed by atoms with Gasteiger partial charge in [-0.3, -0.25) is 0 Å². The normalized spacial score (nSPS) is 10.3. The molecule has 0 fully saturated rings. The molecule has 0 atom stereocenters. The molecule has 0 heterocycles. The monoisotopic (exact) mass is 257 g/mol. The fraction of sp³-hybridized carbons (Fsp3) is 0.200. The highest BCUT2D eigenvalue weighted by atomic mass is 28.1. The van der Waals surface area contributed by atoms with E-state index in [9.17, 15) is 4.39 Å². The largest absolute Gasteiger partial charge is 0.454 e. The Morgan fingerprint density at radius 1 is 1.06 bits per heavy atom. The number of ether oxygens (including phenoxy) is 1. The van der Waals surface area contributed by atoms with Crippen LogP contribution < -0.4 is 4.74 Å². The lowest BCUT2D eigenvalue weighted by atomic mass is 10.1. The summed E-state index contributed by atoms with van der Waals surface area (Å²) < 4.78 is 19.2. The van der Waals surface area contributed by atoms with Gasteiger partial charge in [0.2, 0.25) is 0 Å². The van der Waals surface area contributed by atoms with Gasteiger partial charge >= 0.3 is 0 Å². The van der Waals surface area contributed by atoms with E-state index in [4.69, 9.17) is 4.74 Å². The highest BCUT2D eigenvalue weighted by Crippen LogP contribution is 2.25. The zero-order valence-electron chi connectivity index (χ0n) is 10.0. The topological polar surface area (TPSA) is 9.23 Å². The van der Waals surface area contributed by atoms with Crippen LogP contribution >= 0.6 is 0 Å². The molecule has 0 aliphatic carbocycles. The molecule has 0 aliphatic rings. The van der Waals surface area contributed by atoms with Crippen LogP contribution in [-0.4, -0.2) is 10.2 Å². The van der Waals surface area contributed by atoms with Crippen molar-refractivity contribution in [2.24, 2.45) is 0 Å². The summed E-state index contributed by atoms with van der Waals surface area (Å²) in [5.41, 5.74) is 1.08. The van der Waals surface area contributed by atoms with Gasteiger partial charge in [-0.15, -0.1) is 0 Å². The van der Waals surface area contributed by atoms with Crippen LogP contribution in [0.4, 0.5) is 4.39 Å². The fourth-order valence-corrected chi connectivity index (χ4v) is 1.87. The van der Waals surface area contributed by atoms with Crippen molar-refractivity contribution < 1.29 is 9.13 Å². The maximum absolute atomic E-state index is 13.6. The number of benzene rings is 2. The highest BCUT2D eigenvalue weighted by Gasteiger charge is 2.06. The molecule has 0 N–H and O–H groups in total. The predicted molar refractivity (Wildman–Crippen MR) is 71.8 cm³/mol. The van der Waals surface area contributed by atoms with Gasteiger partial charge in [-0.2, -0.15) is 0 Å². The van der Waals surface area contributed by atoms with E-state index in [-0.39, 0.29) is 11.6 Å². The third-order valence-corrected chi connectivity index (χ3v) is 2.96. The van der Waals surface area contributed by atoms with Crippen LogP contribution in [0.25, 0.3) is 0 Å². The second-order valence-electron chi connectivity index (χ2n) is 4.03. The SMILES string of the molecule is Fc1ccc(CCC[Si])cc1Oc1ccccc1. The van der Waals surface area contributed by atoms with Crippen molar-refractivity contribution >= 4 is 10.2 Å². The van der Waals surface area contributed by atoms with Crippen LogP contribution in [0, 0.1) is 5.82 Å². The fourth-order valence-electron chi connectivity index (χ4n) is 1.69. The lowest BCUT2D eigenvalue weighted by molar-refractivity contribution is 0.441. The molecule has 2 aromatic carbocycles. The van der Waals surface area contributed by atoms with Gasteiger partial charge < -0.3 is 4.74 Å². The number of halogens is 1. The summed E-state index contributed by atoms with van der Waals surface area (Å²) in [6.45, 7) is 0. The van der Waals surface area contributed by atoms with Crippen molar-refractivity contribution in [1.82, 2.24) is 0 Å². The van der Waals surface area contributed by atoms with Gasteiger partial charge in [0.1, 0.15) is 5.75 Å². The molecule has 0 aromatic heterocycles. The Kier molecular flexibility index (Phi) is 4.53. The number of hydrogen-bond acceptors (Lipinski definition) is 1. The summed E-state index contributed by atoms with van der Waals surface area (Å²) >= 11 is 0. The van der Waals surface area contributed by atoms with E-state index in [1.54, 1.807) is 12.1 Å². The Balaban J connectivity index is 2.16. The first kappa shape index (κ1) is 12.8. The van der Waals surface area contributed by atoms with Gasteiger partial charge in [-0.1, -0.05) is 36.7 Å². The summed E-state index contributed by atoms with van der Waals surface area (Å²) in [6.07, 6.45) is 1.93. The smallest absolute Gasteiger partial charge is 0.165 e. The van der Waals surface area contributed by atoms with E-state index in [0.29, 0.717) is 5.75 Å². The molecule has 91 valence electrons. The number of aryl methyl sites for hydroxylation is 1. The Labute approximate surface area is 110 Å². The highest BCUT2D eigenvalue weighted by molar-refractivity contribution is 6.08. The van der Waals surface area contributed by atoms with Gasteiger partial charge in [0.25, 0.3) is 0 Å². The van der Waals surface area contributed by atoms with E-state index in [2.05, 4.69) is 10.2 Å². The van der Waals surface area contributed by atoms with Crippen LogP contribution in [0.1, 0.15) is 12.0 Å². The van der Waals surface area contributed by atoms with Gasteiger partial charge in [0, 0.05) is 10.2 Å². The molecule has 18 heavy (non-hydrogen) atoms. The second kappa shape index (κ2) is 6.35. The van der Waals surface area contributed by atoms with Gasteiger partial charge in [0.15, 0.2) is 11.6 Å². The van der Waals surface area contributed by atoms with Crippen LogP contribution in [-0.2, 0) is 6.42 Å². The predicted octanol–water partition coefficient (Wildman–Crippen LogP) is 4.14. The molecule has 3 radical (unpaired) electrons. The van der Waals surface area contributed by atoms with Crippen molar-refractivity contribution in [3.8, 4) is 11.5 Å². The van der Waals surface area contributed by atoms with Crippen molar-refractivity contribution in [3.63, 3.8) is 0 Å². The molecule has 1 nitrogen and oxygen atoms in total. The maximum Gasteiger partial charge on any atom is 0.165 e. The molecule has 3 heteroatoms. The Hall–Kier alpha value is -1.61. The molecule has 0 unspecified atom stereocenters. The van der Waals surface area contributed by atoms with Crippen molar-refractivity contribution in [2.45, 2.75) is 18.9 Å². The average molecular weight is 257 g/mol. The molecule has 0 spiro atoms. The van der Waals surface area contributed by atoms with E-state index in [1.807, 2.05) is 30.3 Å². The van der Waals surface area contributed by atoms with E-state index in [0.717, 1.165) is 24.4 Å². The molecular formula is C15H14FOSi. The Morgan fingerprint density at radius 3 is 2.56 bits per heavy atom. The second-order valence-corrected chi connectivity index (χ2v) is 4.53. The lowest BCUT2D eigenvalue weighted by Crippen LogP contribution is -1.92. The maximum atomic E-state index is 13.6. The summed E-state index contributed by atoms with van der Waals surface area (Å²) in [6, 6.07) is 15.2. The molecule has 0 saturated heterocycles. The zero-order valence-corrected chi connectivity index (χ0v) is 11.0. The minimum atomic E-state index is -0.332. The van der Waals surface area contributed by atoms with Gasteiger partial charge in [-0.05, 0) is 36.2 Å². The first-order valence-corrected chi connectivity index (χ1v) is 6.66. The molecule has 0 bridgehead atoms. The molecule has 0 aliphatic heterocycles. The third kappa shape index (κ3) is 3.44. The van der Waals surface area contributed by atoms with E-state index >= 15 is 0 Å². The van der Waals surface area contributed by atoms with Gasteiger partial charge in [-0.25, -0.2) is 4.39 Å². The molecule has 0 saturated carbocycles. The van der Waals surface area contributed by atoms with Crippen molar-refractivity contribution in [2.75, 3.05) is 0 Å². The summed E-state index contributed by atoms with van der Waals surface area (Å²) in [5.74, 6) is 0.599. The van der Waals surface area contributed by atoms with Crippen LogP contribution in [0.2, 0.25) is 6.04 Å². The minimum Gasteiger partial charge on any atom is -0.454 e. The summed E-state index contributed by atoms with van der Waals surface area (Å²) in [7, 11) is 3.43. The zero-order chi connectivity index (χ0) is 12.8. The lowest BCUT2D eigenvalue weighted by Gasteiger charge is -2.08. The van der Waals surface area contributed by atoms with Crippen LogP contribution in [0.5, 0.6) is 11.5 Å². The Morgan fingerprint density at radius 2 is 1.83 bits per heavy atom. The Bertz CT molecular complexity index is 499. The number of para-hydroxylation sites is 1. The first-order chi connectivity index (χ1) is 8.79. The first-order valence-electron chi connectivity index (χ1n) is 5.95. The minimum absolute atomic E-state index is 0.285. The number of rotatable bonds is 5.